The van der Waals surface area contributed by atoms with E-state index < -0.39 is 5.97 Å². The van der Waals surface area contributed by atoms with Gasteiger partial charge in [0.1, 0.15) is 0 Å². The first-order valence-electron chi connectivity index (χ1n) is 6.22. The molecule has 0 fully saturated rings. The number of rotatable bonds is 1. The first-order valence-corrected chi connectivity index (χ1v) is 6.22. The number of aliphatic carboxylic acids is 1. The van der Waals surface area contributed by atoms with Gasteiger partial charge in [-0.2, -0.15) is 0 Å². The van der Waals surface area contributed by atoms with Crippen LogP contribution in [0.25, 0.3) is 5.57 Å². The summed E-state index contributed by atoms with van der Waals surface area (Å²) in [4.78, 5) is 24.8. The number of carbonyl (C=O) groups excluding carboxylic acids is 1. The Morgan fingerprint density at radius 3 is 2.20 bits per heavy atom. The summed E-state index contributed by atoms with van der Waals surface area (Å²) in [6.07, 6.45) is 0. The van der Waals surface area contributed by atoms with Gasteiger partial charge < -0.3 is 14.9 Å². The molecule has 20 heavy (non-hydrogen) atoms. The molecule has 5 nitrogen and oxygen atoms in total. The lowest BCUT2D eigenvalue weighted by Gasteiger charge is -2.15. The molecule has 1 amide bonds. The molecule has 1 heterocycles. The van der Waals surface area contributed by atoms with Crippen molar-refractivity contribution in [2.45, 2.75) is 13.8 Å². The highest BCUT2D eigenvalue weighted by molar-refractivity contribution is 6.32. The molecule has 0 unspecified atom stereocenters. The number of nitrogens with zero attached hydrogens (tertiary/aromatic N) is 2. The van der Waals surface area contributed by atoms with E-state index in [-0.39, 0.29) is 5.91 Å². The number of fused-ring (bicyclic) bond motifs is 1. The standard InChI is InChI=1S/C13H16N2O.C2H4O2/c1-9(14(2)3)12-10-7-5-6-8-11(10)15(4)13(12)16;1-2(3)4/h5-8H,1-4H3;1H3,(H,3,4)/b12-9-;. The molecule has 1 N–H and O–H groups in total. The number of amides is 1. The number of para-hydroxylation sites is 1. The molecule has 1 aliphatic rings. The van der Waals surface area contributed by atoms with Gasteiger partial charge in [-0.3, -0.25) is 9.59 Å². The highest BCUT2D eigenvalue weighted by Crippen LogP contribution is 2.37. The SMILES string of the molecule is C/C(=C1/C(=O)N(C)c2ccccc21)N(C)C.CC(=O)O. The summed E-state index contributed by atoms with van der Waals surface area (Å²) in [6.45, 7) is 3.06. The molecular weight excluding hydrogens is 256 g/mol. The van der Waals surface area contributed by atoms with Gasteiger partial charge in [0.2, 0.25) is 0 Å². The summed E-state index contributed by atoms with van der Waals surface area (Å²) in [5.74, 6) is -0.757. The number of likely N-dealkylation sites (N-methyl/N-ethyl adjacent to an activating group) is 1. The Hall–Kier alpha value is -2.30. The van der Waals surface area contributed by atoms with E-state index in [4.69, 9.17) is 9.90 Å². The lowest BCUT2D eigenvalue weighted by molar-refractivity contribution is -0.134. The number of carboxylic acids is 1. The Bertz CT molecular complexity index is 558. The number of carbonyl (C=O) groups is 2. The van der Waals surface area contributed by atoms with Crippen molar-refractivity contribution in [1.29, 1.82) is 0 Å². The van der Waals surface area contributed by atoms with Crippen LogP contribution in [0.15, 0.2) is 30.0 Å². The largest absolute Gasteiger partial charge is 0.481 e. The normalized spacial score (nSPS) is 15.2. The van der Waals surface area contributed by atoms with Crippen molar-refractivity contribution in [3.8, 4) is 0 Å². The van der Waals surface area contributed by atoms with Gasteiger partial charge in [-0.15, -0.1) is 0 Å². The highest BCUT2D eigenvalue weighted by Gasteiger charge is 2.31. The summed E-state index contributed by atoms with van der Waals surface area (Å²) in [5, 5.41) is 7.42. The molecule has 0 bridgehead atoms. The van der Waals surface area contributed by atoms with Gasteiger partial charge >= 0.3 is 0 Å². The van der Waals surface area contributed by atoms with Crippen LogP contribution in [0.1, 0.15) is 19.4 Å². The fourth-order valence-electron chi connectivity index (χ4n) is 1.94. The monoisotopic (exact) mass is 276 g/mol. The van der Waals surface area contributed by atoms with Gasteiger partial charge in [-0.05, 0) is 13.0 Å². The second-order valence-electron chi connectivity index (χ2n) is 4.76. The number of hydrogen-bond acceptors (Lipinski definition) is 3. The van der Waals surface area contributed by atoms with Gasteiger partial charge in [-0.25, -0.2) is 0 Å². The van der Waals surface area contributed by atoms with Gasteiger partial charge in [-0.1, -0.05) is 18.2 Å². The van der Waals surface area contributed by atoms with Crippen molar-refractivity contribution >= 4 is 23.1 Å². The molecule has 0 aliphatic carbocycles. The van der Waals surface area contributed by atoms with Crippen molar-refractivity contribution < 1.29 is 14.7 Å². The van der Waals surface area contributed by atoms with Crippen LogP contribution in [-0.2, 0) is 9.59 Å². The van der Waals surface area contributed by atoms with Crippen LogP contribution in [0.5, 0.6) is 0 Å². The summed E-state index contributed by atoms with van der Waals surface area (Å²) in [6, 6.07) is 7.90. The molecule has 5 heteroatoms. The average molecular weight is 276 g/mol. The summed E-state index contributed by atoms with van der Waals surface area (Å²) in [7, 11) is 5.73. The van der Waals surface area contributed by atoms with Crippen LogP contribution in [0.4, 0.5) is 5.69 Å². The van der Waals surface area contributed by atoms with Crippen LogP contribution >= 0.6 is 0 Å². The maximum Gasteiger partial charge on any atom is 0.300 e. The minimum absolute atomic E-state index is 0.0763. The fraction of sp³-hybridized carbons (Fsp3) is 0.333. The number of hydrogen-bond donors (Lipinski definition) is 1. The molecule has 1 aliphatic heterocycles. The molecular formula is C15H20N2O3. The predicted molar refractivity (Wildman–Crippen MR) is 79.4 cm³/mol. The number of benzene rings is 1. The quantitative estimate of drug-likeness (QED) is 0.797. The summed E-state index contributed by atoms with van der Waals surface area (Å²) < 4.78 is 0. The molecule has 0 spiro atoms. The Labute approximate surface area is 119 Å². The van der Waals surface area contributed by atoms with E-state index in [1.54, 1.807) is 4.90 Å². The second kappa shape index (κ2) is 6.23. The molecule has 2 rings (SSSR count). The lowest BCUT2D eigenvalue weighted by atomic mass is 10.1. The molecule has 0 saturated heterocycles. The van der Waals surface area contributed by atoms with Crippen molar-refractivity contribution in [2.75, 3.05) is 26.0 Å². The van der Waals surface area contributed by atoms with E-state index >= 15 is 0 Å². The zero-order chi connectivity index (χ0) is 15.4. The fourth-order valence-corrected chi connectivity index (χ4v) is 1.94. The minimum Gasteiger partial charge on any atom is -0.481 e. The van der Waals surface area contributed by atoms with Crippen molar-refractivity contribution in [3.63, 3.8) is 0 Å². The molecule has 1 aromatic carbocycles. The minimum atomic E-state index is -0.833. The van der Waals surface area contributed by atoms with Gasteiger partial charge in [0.05, 0.1) is 11.3 Å². The van der Waals surface area contributed by atoms with Crippen LogP contribution in [0, 0.1) is 0 Å². The Morgan fingerprint density at radius 1 is 1.20 bits per heavy atom. The van der Waals surface area contributed by atoms with E-state index in [1.807, 2.05) is 57.2 Å². The second-order valence-corrected chi connectivity index (χ2v) is 4.76. The van der Waals surface area contributed by atoms with E-state index in [9.17, 15) is 4.79 Å². The van der Waals surface area contributed by atoms with Crippen LogP contribution < -0.4 is 4.90 Å². The van der Waals surface area contributed by atoms with Gasteiger partial charge in [0.15, 0.2) is 0 Å². The maximum atomic E-state index is 12.1. The van der Waals surface area contributed by atoms with Crippen LogP contribution in [0.2, 0.25) is 0 Å². The number of allylic oxidation sites excluding steroid dienone is 1. The summed E-state index contributed by atoms with van der Waals surface area (Å²) in [5.41, 5.74) is 3.83. The third kappa shape index (κ3) is 3.17. The Balaban J connectivity index is 0.000000444. The summed E-state index contributed by atoms with van der Waals surface area (Å²) >= 11 is 0. The first kappa shape index (κ1) is 15.8. The lowest BCUT2D eigenvalue weighted by Crippen LogP contribution is -2.22. The third-order valence-corrected chi connectivity index (χ3v) is 3.09. The molecule has 0 saturated carbocycles. The molecule has 1 aromatic rings. The maximum absolute atomic E-state index is 12.1. The third-order valence-electron chi connectivity index (χ3n) is 3.09. The number of carboxylic acid groups (broad SMARTS) is 1. The first-order chi connectivity index (χ1) is 9.27. The highest BCUT2D eigenvalue weighted by atomic mass is 16.4. The van der Waals surface area contributed by atoms with Gasteiger partial charge in [0, 0.05) is 39.3 Å². The number of anilines is 1. The van der Waals surface area contributed by atoms with Gasteiger partial charge in [0.25, 0.3) is 11.9 Å². The van der Waals surface area contributed by atoms with E-state index in [0.29, 0.717) is 0 Å². The molecule has 0 aromatic heterocycles. The topological polar surface area (TPSA) is 60.9 Å². The van der Waals surface area contributed by atoms with Crippen LogP contribution in [0.3, 0.4) is 0 Å². The van der Waals surface area contributed by atoms with Crippen LogP contribution in [-0.4, -0.2) is 43.0 Å². The zero-order valence-electron chi connectivity index (χ0n) is 12.5. The van der Waals surface area contributed by atoms with E-state index in [2.05, 4.69) is 0 Å². The van der Waals surface area contributed by atoms with E-state index in [0.717, 1.165) is 29.4 Å². The average Bonchev–Trinajstić information content (AvgIpc) is 2.61. The van der Waals surface area contributed by atoms with Crippen molar-refractivity contribution in [3.05, 3.63) is 35.5 Å². The smallest absolute Gasteiger partial charge is 0.300 e. The molecule has 0 radical (unpaired) electrons. The Morgan fingerprint density at radius 2 is 1.70 bits per heavy atom. The predicted octanol–water partition coefficient (Wildman–Crippen LogP) is 2.05. The molecule has 0 atom stereocenters. The van der Waals surface area contributed by atoms with Crippen molar-refractivity contribution in [2.24, 2.45) is 0 Å². The Kier molecular flexibility index (Phi) is 4.91. The zero-order valence-corrected chi connectivity index (χ0v) is 12.5. The van der Waals surface area contributed by atoms with E-state index in [1.165, 1.54) is 0 Å². The van der Waals surface area contributed by atoms with Crippen molar-refractivity contribution in [1.82, 2.24) is 4.90 Å². The molecule has 108 valence electrons.